The number of likely N-dealkylation sites (N-methyl/N-ethyl adjacent to an activating group) is 1. The Labute approximate surface area is 216 Å². The Morgan fingerprint density at radius 1 is 0.838 bits per heavy atom. The number of anilines is 3. The molecule has 3 aromatic carbocycles. The zero-order chi connectivity index (χ0) is 26.4. The molecule has 0 radical (unpaired) electrons. The molecule has 1 saturated heterocycles. The molecule has 37 heavy (non-hydrogen) atoms. The van der Waals surface area contributed by atoms with Crippen molar-refractivity contribution in [1.82, 2.24) is 9.88 Å². The van der Waals surface area contributed by atoms with Gasteiger partial charge in [0.05, 0.1) is 9.79 Å². The summed E-state index contributed by atoms with van der Waals surface area (Å²) in [6.45, 7) is 3.39. The molecule has 0 saturated carbocycles. The van der Waals surface area contributed by atoms with Crippen LogP contribution in [0.15, 0.2) is 74.9 Å². The summed E-state index contributed by atoms with van der Waals surface area (Å²) in [4.78, 5) is 9.38. The predicted molar refractivity (Wildman–Crippen MR) is 145 cm³/mol. The van der Waals surface area contributed by atoms with Gasteiger partial charge in [0.1, 0.15) is 5.52 Å². The number of para-hydroxylation sites is 1. The van der Waals surface area contributed by atoms with E-state index in [-0.39, 0.29) is 15.8 Å². The van der Waals surface area contributed by atoms with Crippen LogP contribution in [-0.2, 0) is 19.7 Å². The van der Waals surface area contributed by atoms with Gasteiger partial charge in [0.25, 0.3) is 6.01 Å². The summed E-state index contributed by atoms with van der Waals surface area (Å²) in [6.07, 6.45) is 2.36. The number of hydrogen-bond acceptors (Lipinski definition) is 9. The first-order valence-corrected chi connectivity index (χ1v) is 15.5. The molecule has 2 heterocycles. The normalized spacial score (nSPS) is 15.3. The van der Waals surface area contributed by atoms with Crippen molar-refractivity contribution >= 4 is 48.2 Å². The Kier molecular flexibility index (Phi) is 6.47. The Bertz CT molecular complexity index is 1690. The van der Waals surface area contributed by atoms with E-state index in [0.29, 0.717) is 27.9 Å². The van der Waals surface area contributed by atoms with Gasteiger partial charge >= 0.3 is 0 Å². The first kappa shape index (κ1) is 25.2. The predicted octanol–water partition coefficient (Wildman–Crippen LogP) is 3.80. The van der Waals surface area contributed by atoms with E-state index in [0.717, 1.165) is 38.1 Å². The van der Waals surface area contributed by atoms with Gasteiger partial charge in [-0.05, 0) is 55.1 Å². The third kappa shape index (κ3) is 5.48. The number of aromatic nitrogens is 1. The second-order valence-electron chi connectivity index (χ2n) is 9.38. The Balaban J connectivity index is 1.56. The van der Waals surface area contributed by atoms with E-state index in [1.165, 1.54) is 18.4 Å². The molecule has 1 aromatic heterocycles. The van der Waals surface area contributed by atoms with Crippen LogP contribution in [0.5, 0.6) is 0 Å². The largest absolute Gasteiger partial charge is 0.423 e. The molecule has 11 heteroatoms. The van der Waals surface area contributed by atoms with E-state index in [1.807, 2.05) is 24.3 Å². The SMILES string of the molecule is CN1CCN(c2cc(-c3cccc4nc(Nc5cccc(S(C)(=O)=O)c5)oc34)cc(S(C)(=O)=O)c2)CC1. The van der Waals surface area contributed by atoms with Gasteiger partial charge in [-0.1, -0.05) is 18.2 Å². The molecule has 0 spiro atoms. The molecule has 1 N–H and O–H groups in total. The quantitative estimate of drug-likeness (QED) is 0.390. The standard InChI is InChI=1S/C26H28N4O5S2/c1-29-10-12-30(13-11-29)20-14-18(15-22(17-20)37(3,33)34)23-8-5-9-24-25(23)35-26(28-24)27-19-6-4-7-21(16-19)36(2,31)32/h4-9,14-17H,10-13H2,1-3H3,(H,27,28). The number of sulfone groups is 2. The van der Waals surface area contributed by atoms with Crippen LogP contribution in [0.3, 0.4) is 0 Å². The van der Waals surface area contributed by atoms with Gasteiger partial charge in [-0.15, -0.1) is 0 Å². The maximum absolute atomic E-state index is 12.6. The lowest BCUT2D eigenvalue weighted by Gasteiger charge is -2.34. The highest BCUT2D eigenvalue weighted by atomic mass is 32.2. The first-order valence-electron chi connectivity index (χ1n) is 11.7. The fourth-order valence-corrected chi connectivity index (χ4v) is 5.70. The molecule has 0 aliphatic carbocycles. The summed E-state index contributed by atoms with van der Waals surface area (Å²) in [5, 5.41) is 3.04. The number of oxazole rings is 1. The molecule has 0 atom stereocenters. The van der Waals surface area contributed by atoms with Crippen molar-refractivity contribution in [3.63, 3.8) is 0 Å². The minimum absolute atomic E-state index is 0.184. The smallest absolute Gasteiger partial charge is 0.300 e. The summed E-state index contributed by atoms with van der Waals surface area (Å²) >= 11 is 0. The van der Waals surface area contributed by atoms with Gasteiger partial charge in [0.15, 0.2) is 25.3 Å². The van der Waals surface area contributed by atoms with Crippen molar-refractivity contribution in [2.45, 2.75) is 9.79 Å². The number of piperazine rings is 1. The summed E-state index contributed by atoms with van der Waals surface area (Å²) < 4.78 is 55.0. The number of fused-ring (bicyclic) bond motifs is 1. The number of benzene rings is 3. The van der Waals surface area contributed by atoms with Crippen molar-refractivity contribution < 1.29 is 21.3 Å². The van der Waals surface area contributed by atoms with Crippen LogP contribution < -0.4 is 10.2 Å². The van der Waals surface area contributed by atoms with Crippen molar-refractivity contribution in [1.29, 1.82) is 0 Å². The lowest BCUT2D eigenvalue weighted by molar-refractivity contribution is 0.313. The Morgan fingerprint density at radius 2 is 1.54 bits per heavy atom. The van der Waals surface area contributed by atoms with Crippen molar-refractivity contribution in [3.8, 4) is 11.1 Å². The second-order valence-corrected chi connectivity index (χ2v) is 13.4. The van der Waals surface area contributed by atoms with Gasteiger partial charge in [0.2, 0.25) is 0 Å². The molecule has 1 fully saturated rings. The van der Waals surface area contributed by atoms with Gasteiger partial charge in [-0.2, -0.15) is 4.98 Å². The molecule has 0 unspecified atom stereocenters. The van der Waals surface area contributed by atoms with Crippen molar-refractivity contribution in [2.24, 2.45) is 0 Å². The van der Waals surface area contributed by atoms with Gasteiger partial charge < -0.3 is 19.5 Å². The van der Waals surface area contributed by atoms with Crippen molar-refractivity contribution in [2.75, 3.05) is 56.0 Å². The Morgan fingerprint density at radius 3 is 2.24 bits per heavy atom. The van der Waals surface area contributed by atoms with Crippen LogP contribution >= 0.6 is 0 Å². The van der Waals surface area contributed by atoms with E-state index in [9.17, 15) is 16.8 Å². The molecular weight excluding hydrogens is 512 g/mol. The monoisotopic (exact) mass is 540 g/mol. The fraction of sp³-hybridized carbons (Fsp3) is 0.269. The minimum Gasteiger partial charge on any atom is -0.423 e. The van der Waals surface area contributed by atoms with Gasteiger partial charge in [-0.3, -0.25) is 0 Å². The molecule has 194 valence electrons. The molecular formula is C26H28N4O5S2. The minimum atomic E-state index is -3.45. The zero-order valence-electron chi connectivity index (χ0n) is 20.8. The zero-order valence-corrected chi connectivity index (χ0v) is 22.4. The molecule has 4 aromatic rings. The van der Waals surface area contributed by atoms with Crippen molar-refractivity contribution in [3.05, 3.63) is 60.7 Å². The first-order chi connectivity index (χ1) is 17.5. The maximum atomic E-state index is 12.6. The average Bonchev–Trinajstić information content (AvgIpc) is 3.26. The van der Waals surface area contributed by atoms with Crippen LogP contribution in [0, 0.1) is 0 Å². The summed E-state index contributed by atoms with van der Waals surface area (Å²) in [7, 11) is -4.75. The average molecular weight is 541 g/mol. The van der Waals surface area contributed by atoms with E-state index in [1.54, 1.807) is 24.3 Å². The van der Waals surface area contributed by atoms with Crippen LogP contribution in [-0.4, -0.2) is 72.5 Å². The summed E-state index contributed by atoms with van der Waals surface area (Å²) in [6, 6.07) is 17.5. The topological polar surface area (TPSA) is 113 Å². The third-order valence-corrected chi connectivity index (χ3v) is 8.63. The summed E-state index contributed by atoms with van der Waals surface area (Å²) in [5.41, 5.74) is 3.88. The van der Waals surface area contributed by atoms with Crippen LogP contribution in [0.1, 0.15) is 0 Å². The lowest BCUT2D eigenvalue weighted by atomic mass is 10.0. The van der Waals surface area contributed by atoms with Crippen LogP contribution in [0.4, 0.5) is 17.4 Å². The number of nitrogens with zero attached hydrogens (tertiary/aromatic N) is 3. The molecule has 1 aliphatic rings. The Hall–Kier alpha value is -3.41. The number of nitrogens with one attached hydrogen (secondary N) is 1. The second kappa shape index (κ2) is 9.47. The number of hydrogen-bond donors (Lipinski definition) is 1. The van der Waals surface area contributed by atoms with E-state index < -0.39 is 19.7 Å². The molecule has 1 aliphatic heterocycles. The molecule has 0 amide bonds. The maximum Gasteiger partial charge on any atom is 0.300 e. The van der Waals surface area contributed by atoms with E-state index >= 15 is 0 Å². The lowest BCUT2D eigenvalue weighted by Crippen LogP contribution is -2.44. The highest BCUT2D eigenvalue weighted by molar-refractivity contribution is 7.91. The van der Waals surface area contributed by atoms with Crippen LogP contribution in [0.2, 0.25) is 0 Å². The van der Waals surface area contributed by atoms with E-state index in [2.05, 4.69) is 27.1 Å². The molecule has 0 bridgehead atoms. The van der Waals surface area contributed by atoms with E-state index in [4.69, 9.17) is 4.42 Å². The highest BCUT2D eigenvalue weighted by Crippen LogP contribution is 2.35. The molecule has 5 rings (SSSR count). The fourth-order valence-electron chi connectivity index (χ4n) is 4.36. The third-order valence-electron chi connectivity index (χ3n) is 6.43. The molecule has 9 nitrogen and oxygen atoms in total. The highest BCUT2D eigenvalue weighted by Gasteiger charge is 2.20. The van der Waals surface area contributed by atoms with Gasteiger partial charge in [-0.25, -0.2) is 16.8 Å². The number of rotatable bonds is 6. The van der Waals surface area contributed by atoms with Crippen LogP contribution in [0.25, 0.3) is 22.2 Å². The summed E-state index contributed by atoms with van der Waals surface area (Å²) in [5.74, 6) is 0. The van der Waals surface area contributed by atoms with Gasteiger partial charge in [0, 0.05) is 55.6 Å².